The van der Waals surface area contributed by atoms with Gasteiger partial charge in [-0.15, -0.1) is 0 Å². The molecule has 29 heavy (non-hydrogen) atoms. The van der Waals surface area contributed by atoms with Crippen molar-refractivity contribution >= 4 is 29.5 Å². The molecule has 1 atom stereocenters. The Morgan fingerprint density at radius 2 is 1.93 bits per heavy atom. The third-order valence-electron chi connectivity index (χ3n) is 4.14. The van der Waals surface area contributed by atoms with Crippen LogP contribution in [-0.4, -0.2) is 42.0 Å². The van der Waals surface area contributed by atoms with E-state index in [0.29, 0.717) is 11.6 Å². The van der Waals surface area contributed by atoms with Gasteiger partial charge >= 0.3 is 5.97 Å². The topological polar surface area (TPSA) is 97.4 Å². The number of pyridine rings is 1. The average Bonchev–Trinajstić information content (AvgIpc) is 2.69. The number of carbonyl (C=O) groups excluding carboxylic acids is 3. The fraction of sp³-hybridized carbons (Fsp3) is 0.333. The van der Waals surface area contributed by atoms with Gasteiger partial charge in [-0.25, -0.2) is 9.78 Å². The lowest BCUT2D eigenvalue weighted by Gasteiger charge is -2.13. The fourth-order valence-corrected chi connectivity index (χ4v) is 3.37. The van der Waals surface area contributed by atoms with Gasteiger partial charge in [0.05, 0.1) is 5.56 Å². The van der Waals surface area contributed by atoms with Gasteiger partial charge in [-0.2, -0.15) is 0 Å². The molecule has 0 saturated heterocycles. The molecule has 0 fully saturated rings. The summed E-state index contributed by atoms with van der Waals surface area (Å²) in [5.74, 6) is -1.50. The van der Waals surface area contributed by atoms with Crippen molar-refractivity contribution in [3.05, 3.63) is 53.2 Å². The van der Waals surface area contributed by atoms with E-state index in [4.69, 9.17) is 4.74 Å². The smallest absolute Gasteiger partial charge is 0.341 e. The summed E-state index contributed by atoms with van der Waals surface area (Å²) in [6, 6.07) is 8.54. The van der Waals surface area contributed by atoms with Crippen molar-refractivity contribution in [1.82, 2.24) is 15.6 Å². The van der Waals surface area contributed by atoms with E-state index in [2.05, 4.69) is 15.6 Å². The summed E-state index contributed by atoms with van der Waals surface area (Å²) in [5.41, 5.74) is 2.61. The van der Waals surface area contributed by atoms with E-state index in [1.54, 1.807) is 32.2 Å². The molecule has 8 heteroatoms. The summed E-state index contributed by atoms with van der Waals surface area (Å²) in [7, 11) is 0. The molecule has 1 aromatic carbocycles. The Morgan fingerprint density at radius 1 is 1.17 bits per heavy atom. The molecule has 0 radical (unpaired) electrons. The van der Waals surface area contributed by atoms with Crippen LogP contribution in [0.5, 0.6) is 0 Å². The van der Waals surface area contributed by atoms with Crippen LogP contribution in [0.1, 0.15) is 35.3 Å². The van der Waals surface area contributed by atoms with Gasteiger partial charge < -0.3 is 15.4 Å². The Hall–Kier alpha value is -2.87. The van der Waals surface area contributed by atoms with Crippen molar-refractivity contribution in [1.29, 1.82) is 0 Å². The average molecular weight is 416 g/mol. The van der Waals surface area contributed by atoms with Crippen LogP contribution >= 0.6 is 11.8 Å². The number of nitrogens with zero attached hydrogens (tertiary/aromatic N) is 1. The SMILES string of the molecule is CCNC(=O)[C@@H](C)NC(=O)COC(=O)c1cccnc1Sc1ccc(C)c(C)c1. The molecule has 0 unspecified atom stereocenters. The summed E-state index contributed by atoms with van der Waals surface area (Å²) < 4.78 is 5.12. The second kappa shape index (κ2) is 10.6. The molecule has 0 bridgehead atoms. The third kappa shape index (κ3) is 6.60. The van der Waals surface area contributed by atoms with Crippen molar-refractivity contribution in [3.8, 4) is 0 Å². The van der Waals surface area contributed by atoms with Crippen LogP contribution in [0.25, 0.3) is 0 Å². The predicted octanol–water partition coefficient (Wildman–Crippen LogP) is 2.65. The lowest BCUT2D eigenvalue weighted by molar-refractivity contribution is -0.130. The number of hydrogen-bond donors (Lipinski definition) is 2. The number of hydrogen-bond acceptors (Lipinski definition) is 6. The zero-order valence-electron chi connectivity index (χ0n) is 16.9. The van der Waals surface area contributed by atoms with Crippen molar-refractivity contribution in [2.75, 3.05) is 13.2 Å². The van der Waals surface area contributed by atoms with E-state index in [-0.39, 0.29) is 11.5 Å². The Morgan fingerprint density at radius 3 is 2.62 bits per heavy atom. The number of aryl methyl sites for hydroxylation is 2. The highest BCUT2D eigenvalue weighted by Gasteiger charge is 2.19. The van der Waals surface area contributed by atoms with Gasteiger partial charge in [0.2, 0.25) is 5.91 Å². The fourth-order valence-electron chi connectivity index (χ4n) is 2.40. The lowest BCUT2D eigenvalue weighted by Crippen LogP contribution is -2.46. The molecular weight excluding hydrogens is 390 g/mol. The Labute approximate surface area is 174 Å². The van der Waals surface area contributed by atoms with E-state index in [0.717, 1.165) is 10.5 Å². The number of benzene rings is 1. The highest BCUT2D eigenvalue weighted by atomic mass is 32.2. The maximum atomic E-state index is 12.5. The first-order chi connectivity index (χ1) is 13.8. The molecule has 2 rings (SSSR count). The van der Waals surface area contributed by atoms with E-state index >= 15 is 0 Å². The maximum absolute atomic E-state index is 12.5. The minimum Gasteiger partial charge on any atom is -0.452 e. The standard InChI is InChI=1S/C21H25N3O4S/c1-5-22-19(26)15(4)24-18(25)12-28-21(27)17-7-6-10-23-20(17)29-16-9-8-13(2)14(3)11-16/h6-11,15H,5,12H2,1-4H3,(H,22,26)(H,24,25)/t15-/m1/s1. The van der Waals surface area contributed by atoms with Gasteiger partial charge in [-0.3, -0.25) is 9.59 Å². The molecule has 154 valence electrons. The second-order valence-electron chi connectivity index (χ2n) is 6.46. The Bertz CT molecular complexity index is 901. The van der Waals surface area contributed by atoms with Crippen molar-refractivity contribution in [2.24, 2.45) is 0 Å². The quantitative estimate of drug-likeness (QED) is 0.644. The van der Waals surface area contributed by atoms with E-state index in [1.165, 1.54) is 17.3 Å². The number of amides is 2. The van der Waals surface area contributed by atoms with Gasteiger partial charge in [0.25, 0.3) is 5.91 Å². The third-order valence-corrected chi connectivity index (χ3v) is 5.15. The van der Waals surface area contributed by atoms with E-state index < -0.39 is 24.5 Å². The summed E-state index contributed by atoms with van der Waals surface area (Å²) in [6.07, 6.45) is 1.60. The highest BCUT2D eigenvalue weighted by Crippen LogP contribution is 2.30. The molecule has 1 heterocycles. The normalized spacial score (nSPS) is 11.4. The number of carbonyl (C=O) groups is 3. The summed E-state index contributed by atoms with van der Waals surface area (Å²) in [6.45, 7) is 7.39. The maximum Gasteiger partial charge on any atom is 0.341 e. The van der Waals surface area contributed by atoms with Crippen LogP contribution in [0.15, 0.2) is 46.5 Å². The first kappa shape index (κ1) is 22.4. The van der Waals surface area contributed by atoms with E-state index in [9.17, 15) is 14.4 Å². The molecule has 0 aliphatic rings. The first-order valence-corrected chi connectivity index (χ1v) is 10.1. The molecule has 0 spiro atoms. The highest BCUT2D eigenvalue weighted by molar-refractivity contribution is 7.99. The molecule has 7 nitrogen and oxygen atoms in total. The minimum absolute atomic E-state index is 0.278. The minimum atomic E-state index is -0.713. The van der Waals surface area contributed by atoms with Crippen LogP contribution in [0, 0.1) is 13.8 Å². The summed E-state index contributed by atoms with van der Waals surface area (Å²) in [5, 5.41) is 5.59. The zero-order chi connectivity index (χ0) is 21.4. The summed E-state index contributed by atoms with van der Waals surface area (Å²) in [4.78, 5) is 41.3. The number of nitrogens with one attached hydrogen (secondary N) is 2. The Balaban J connectivity index is 2.00. The molecule has 2 N–H and O–H groups in total. The van der Waals surface area contributed by atoms with E-state index in [1.807, 2.05) is 32.0 Å². The zero-order valence-corrected chi connectivity index (χ0v) is 17.8. The molecule has 0 aliphatic carbocycles. The molecule has 2 amide bonds. The number of likely N-dealkylation sites (N-methyl/N-ethyl adjacent to an activating group) is 1. The van der Waals surface area contributed by atoms with Crippen molar-refractivity contribution < 1.29 is 19.1 Å². The summed E-state index contributed by atoms with van der Waals surface area (Å²) >= 11 is 1.35. The number of esters is 1. The lowest BCUT2D eigenvalue weighted by atomic mass is 10.1. The molecular formula is C21H25N3O4S. The second-order valence-corrected chi connectivity index (χ2v) is 7.53. The first-order valence-electron chi connectivity index (χ1n) is 9.26. The van der Waals surface area contributed by atoms with Gasteiger partial charge in [-0.1, -0.05) is 17.8 Å². The van der Waals surface area contributed by atoms with Crippen LogP contribution in [0.3, 0.4) is 0 Å². The number of ether oxygens (including phenoxy) is 1. The van der Waals surface area contributed by atoms with Crippen LogP contribution < -0.4 is 10.6 Å². The predicted molar refractivity (Wildman–Crippen MR) is 111 cm³/mol. The molecule has 2 aromatic rings. The van der Waals surface area contributed by atoms with Crippen molar-refractivity contribution in [2.45, 2.75) is 43.7 Å². The molecule has 1 aromatic heterocycles. The monoisotopic (exact) mass is 415 g/mol. The number of aromatic nitrogens is 1. The molecule has 0 saturated carbocycles. The van der Waals surface area contributed by atoms with Crippen LogP contribution in [-0.2, 0) is 14.3 Å². The van der Waals surface area contributed by atoms with Crippen LogP contribution in [0.2, 0.25) is 0 Å². The van der Waals surface area contributed by atoms with Gasteiger partial charge in [0, 0.05) is 17.6 Å². The van der Waals surface area contributed by atoms with Gasteiger partial charge in [-0.05, 0) is 63.1 Å². The Kier molecular flexibility index (Phi) is 8.21. The van der Waals surface area contributed by atoms with Gasteiger partial charge in [0.1, 0.15) is 11.1 Å². The van der Waals surface area contributed by atoms with Crippen molar-refractivity contribution in [3.63, 3.8) is 0 Å². The van der Waals surface area contributed by atoms with Crippen LogP contribution in [0.4, 0.5) is 0 Å². The molecule has 0 aliphatic heterocycles. The number of rotatable bonds is 8. The van der Waals surface area contributed by atoms with Gasteiger partial charge in [0.15, 0.2) is 6.61 Å². The largest absolute Gasteiger partial charge is 0.452 e.